The van der Waals surface area contributed by atoms with E-state index >= 15 is 0 Å². The van der Waals surface area contributed by atoms with Crippen molar-refractivity contribution in [3.63, 3.8) is 0 Å². The first kappa shape index (κ1) is 13.2. The molecule has 0 amide bonds. The molecule has 1 aromatic heterocycles. The number of hydrogen-bond acceptors (Lipinski definition) is 4. The summed E-state index contributed by atoms with van der Waals surface area (Å²) < 4.78 is 15.1. The smallest absolute Gasteiger partial charge is 0.189 e. The van der Waals surface area contributed by atoms with E-state index in [-0.39, 0.29) is 5.82 Å². The zero-order valence-electron chi connectivity index (χ0n) is 11.7. The van der Waals surface area contributed by atoms with Crippen molar-refractivity contribution in [2.75, 3.05) is 5.73 Å². The maximum atomic E-state index is 13.6. The van der Waals surface area contributed by atoms with E-state index in [1.807, 2.05) is 32.0 Å². The number of nitrogens with zero attached hydrogens (tertiary/aromatic N) is 4. The van der Waals surface area contributed by atoms with E-state index in [1.54, 1.807) is 6.07 Å². The normalized spacial score (nSPS) is 10.8. The topological polar surface area (TPSA) is 69.6 Å². The van der Waals surface area contributed by atoms with Crippen molar-refractivity contribution in [2.24, 2.45) is 0 Å². The van der Waals surface area contributed by atoms with Crippen LogP contribution in [0.5, 0.6) is 0 Å². The summed E-state index contributed by atoms with van der Waals surface area (Å²) in [5.41, 5.74) is 9.71. The van der Waals surface area contributed by atoms with Crippen molar-refractivity contribution >= 4 is 5.69 Å². The number of aromatic nitrogens is 4. The molecule has 5 nitrogen and oxygen atoms in total. The van der Waals surface area contributed by atoms with Crippen LogP contribution in [0.1, 0.15) is 11.1 Å². The van der Waals surface area contributed by atoms with Crippen LogP contribution < -0.4 is 5.73 Å². The number of tetrazole rings is 1. The van der Waals surface area contributed by atoms with Gasteiger partial charge in [-0.15, -0.1) is 5.10 Å². The molecular weight excluding hydrogens is 269 g/mol. The summed E-state index contributed by atoms with van der Waals surface area (Å²) in [6.45, 7) is 3.78. The summed E-state index contributed by atoms with van der Waals surface area (Å²) in [5.74, 6) is 0.157. The van der Waals surface area contributed by atoms with Crippen molar-refractivity contribution in [2.45, 2.75) is 13.8 Å². The summed E-state index contributed by atoms with van der Waals surface area (Å²) in [5, 5.41) is 11.7. The number of anilines is 1. The lowest BCUT2D eigenvalue weighted by Crippen LogP contribution is -2.03. The second kappa shape index (κ2) is 4.97. The van der Waals surface area contributed by atoms with Crippen molar-refractivity contribution < 1.29 is 4.39 Å². The fraction of sp³-hybridized carbons (Fsp3) is 0.133. The molecule has 3 rings (SSSR count). The number of halogens is 1. The van der Waals surface area contributed by atoms with Crippen molar-refractivity contribution in [1.29, 1.82) is 0 Å². The second-order valence-electron chi connectivity index (χ2n) is 4.99. The summed E-state index contributed by atoms with van der Waals surface area (Å²) >= 11 is 0. The highest BCUT2D eigenvalue weighted by Crippen LogP contribution is 2.26. The molecule has 2 aromatic carbocycles. The van der Waals surface area contributed by atoms with Gasteiger partial charge in [-0.25, -0.2) is 4.39 Å². The van der Waals surface area contributed by atoms with Crippen LogP contribution in [-0.2, 0) is 0 Å². The molecule has 0 saturated carbocycles. The second-order valence-corrected chi connectivity index (χ2v) is 4.99. The Morgan fingerprint density at radius 1 is 1.05 bits per heavy atom. The number of hydrogen-bond donors (Lipinski definition) is 1. The van der Waals surface area contributed by atoms with Gasteiger partial charge in [0.1, 0.15) is 5.82 Å². The predicted molar refractivity (Wildman–Crippen MR) is 78.4 cm³/mol. The molecule has 0 radical (unpaired) electrons. The maximum Gasteiger partial charge on any atom is 0.189 e. The molecule has 0 aliphatic heterocycles. The molecule has 21 heavy (non-hydrogen) atoms. The van der Waals surface area contributed by atoms with Gasteiger partial charge in [-0.1, -0.05) is 11.6 Å². The van der Waals surface area contributed by atoms with E-state index in [9.17, 15) is 4.39 Å². The average Bonchev–Trinajstić information content (AvgIpc) is 2.89. The monoisotopic (exact) mass is 283 g/mol. The molecular formula is C15H14FN5. The summed E-state index contributed by atoms with van der Waals surface area (Å²) in [7, 11) is 0. The van der Waals surface area contributed by atoms with Gasteiger partial charge < -0.3 is 5.73 Å². The largest absolute Gasteiger partial charge is 0.398 e. The molecule has 2 N–H and O–H groups in total. The minimum Gasteiger partial charge on any atom is -0.398 e. The van der Waals surface area contributed by atoms with Crippen molar-refractivity contribution in [3.05, 3.63) is 53.3 Å². The molecule has 0 saturated heterocycles. The van der Waals surface area contributed by atoms with Gasteiger partial charge in [0.25, 0.3) is 0 Å². The highest BCUT2D eigenvalue weighted by Gasteiger charge is 2.14. The Morgan fingerprint density at radius 3 is 2.62 bits per heavy atom. The molecule has 0 bridgehead atoms. The lowest BCUT2D eigenvalue weighted by atomic mass is 10.1. The minimum atomic E-state index is -0.330. The van der Waals surface area contributed by atoms with Gasteiger partial charge in [-0.05, 0) is 60.2 Å². The summed E-state index contributed by atoms with van der Waals surface area (Å²) in [4.78, 5) is 0. The predicted octanol–water partition coefficient (Wildman–Crippen LogP) is 2.67. The third-order valence-corrected chi connectivity index (χ3v) is 3.19. The number of benzene rings is 2. The van der Waals surface area contributed by atoms with Gasteiger partial charge in [-0.3, -0.25) is 0 Å². The highest BCUT2D eigenvalue weighted by atomic mass is 19.1. The van der Waals surface area contributed by atoms with Gasteiger partial charge in [-0.2, -0.15) is 4.68 Å². The van der Waals surface area contributed by atoms with Crippen LogP contribution in [0.15, 0.2) is 36.4 Å². The van der Waals surface area contributed by atoms with Crippen LogP contribution in [0.2, 0.25) is 0 Å². The number of nitrogens with two attached hydrogens (primary N) is 1. The molecule has 0 unspecified atom stereocenters. The Morgan fingerprint density at radius 2 is 1.86 bits per heavy atom. The zero-order chi connectivity index (χ0) is 15.0. The fourth-order valence-electron chi connectivity index (χ4n) is 2.23. The Balaban J connectivity index is 2.19. The molecule has 0 fully saturated rings. The van der Waals surface area contributed by atoms with Crippen LogP contribution in [0, 0.1) is 19.7 Å². The highest BCUT2D eigenvalue weighted by molar-refractivity contribution is 5.73. The Labute approximate surface area is 121 Å². The van der Waals surface area contributed by atoms with Gasteiger partial charge >= 0.3 is 0 Å². The molecule has 0 atom stereocenters. The number of rotatable bonds is 2. The van der Waals surface area contributed by atoms with E-state index in [0.29, 0.717) is 17.2 Å². The number of nitrogen functional groups attached to an aromatic ring is 1. The Kier molecular flexibility index (Phi) is 3.13. The molecule has 0 aliphatic rings. The van der Waals surface area contributed by atoms with E-state index in [2.05, 4.69) is 15.5 Å². The van der Waals surface area contributed by atoms with Gasteiger partial charge in [0.15, 0.2) is 5.82 Å². The van der Waals surface area contributed by atoms with Gasteiger partial charge in [0, 0.05) is 11.3 Å². The van der Waals surface area contributed by atoms with Crippen LogP contribution in [0.25, 0.3) is 17.1 Å². The van der Waals surface area contributed by atoms with Gasteiger partial charge in [0.05, 0.1) is 5.69 Å². The van der Waals surface area contributed by atoms with E-state index in [0.717, 1.165) is 16.7 Å². The van der Waals surface area contributed by atoms with E-state index in [1.165, 1.54) is 16.8 Å². The minimum absolute atomic E-state index is 0.330. The van der Waals surface area contributed by atoms with Gasteiger partial charge in [0.2, 0.25) is 0 Å². The number of aryl methyl sites for hydroxylation is 2. The van der Waals surface area contributed by atoms with Crippen LogP contribution in [0.4, 0.5) is 10.1 Å². The molecule has 0 aliphatic carbocycles. The van der Waals surface area contributed by atoms with Crippen molar-refractivity contribution in [1.82, 2.24) is 20.2 Å². The third kappa shape index (κ3) is 2.47. The van der Waals surface area contributed by atoms with E-state index in [4.69, 9.17) is 5.73 Å². The Hall–Kier alpha value is -2.76. The van der Waals surface area contributed by atoms with Crippen LogP contribution in [0.3, 0.4) is 0 Å². The molecule has 3 aromatic rings. The van der Waals surface area contributed by atoms with Crippen LogP contribution >= 0.6 is 0 Å². The maximum absolute atomic E-state index is 13.6. The quantitative estimate of drug-likeness (QED) is 0.734. The Bertz CT molecular complexity index is 789. The lowest BCUT2D eigenvalue weighted by Gasteiger charge is -2.08. The first-order valence-corrected chi connectivity index (χ1v) is 6.47. The molecule has 106 valence electrons. The first-order chi connectivity index (χ1) is 10.0. The first-order valence-electron chi connectivity index (χ1n) is 6.47. The molecule has 1 heterocycles. The summed E-state index contributed by atoms with van der Waals surface area (Å²) in [6, 6.07) is 10.3. The van der Waals surface area contributed by atoms with Crippen LogP contribution in [-0.4, -0.2) is 20.2 Å². The molecule has 0 spiro atoms. The third-order valence-electron chi connectivity index (χ3n) is 3.19. The lowest BCUT2D eigenvalue weighted by molar-refractivity contribution is 0.623. The average molecular weight is 283 g/mol. The standard InChI is InChI=1S/C15H14FN5/c1-9-3-4-14(17)13(7-9)15-18-19-20-21(15)12-6-10(2)5-11(16)8-12/h3-8H,17H2,1-2H3. The zero-order valence-corrected chi connectivity index (χ0v) is 11.7. The molecule has 6 heteroatoms. The van der Waals surface area contributed by atoms with Crippen molar-refractivity contribution in [3.8, 4) is 17.1 Å². The summed E-state index contributed by atoms with van der Waals surface area (Å²) in [6.07, 6.45) is 0. The SMILES string of the molecule is Cc1cc(F)cc(-n2nnnc2-c2cc(C)ccc2N)c1. The van der Waals surface area contributed by atoms with E-state index < -0.39 is 0 Å². The fourth-order valence-corrected chi connectivity index (χ4v) is 2.23.